The molecule has 12 heteroatoms. The van der Waals surface area contributed by atoms with Gasteiger partial charge in [-0.3, -0.25) is 9.69 Å². The first-order valence-electron chi connectivity index (χ1n) is 20.4. The Morgan fingerprint density at radius 1 is 1.00 bits per heavy atom. The van der Waals surface area contributed by atoms with Crippen molar-refractivity contribution < 1.29 is 48.0 Å². The van der Waals surface area contributed by atoms with E-state index < -0.39 is 29.7 Å². The van der Waals surface area contributed by atoms with E-state index in [1.807, 2.05) is 25.1 Å². The molecular formula is C46H55FN2O9. The standard InChI is InChI=1S/C46H55FN2O9/c1-4-24-55-46-42(49(45(53)54-5-2)29-31-16-18-34(47)19-17-31)28-40(48-56-6-3)38-26-33(13-7-9-22-50)37(15-8-10-23-51)43(44(38)46)39-27-36(20-21-41(39)58-46)57-35-14-11-12-32(25-35)30-52/h4,11-12,14,16-21,25-27,30,33,37,42-44,50-51H,1,5-10,13,15,22-24,28-29H2,2-3H3/t33-,37+,42-,43+,44+,46+/m0/s1. The predicted octanol–water partition coefficient (Wildman–Crippen LogP) is 8.74. The molecular weight excluding hydrogens is 744 g/mol. The molecule has 1 aliphatic heterocycles. The maximum absolute atomic E-state index is 14.2. The minimum atomic E-state index is -1.50. The molecule has 0 saturated heterocycles. The number of unbranched alkanes of at least 4 members (excludes halogenated alkanes) is 2. The molecule has 0 unspecified atom stereocenters. The molecule has 0 spiro atoms. The van der Waals surface area contributed by atoms with Crippen LogP contribution in [-0.2, 0) is 20.9 Å². The summed E-state index contributed by atoms with van der Waals surface area (Å²) in [5, 5.41) is 24.5. The van der Waals surface area contributed by atoms with E-state index in [0.29, 0.717) is 53.5 Å². The number of hydrogen-bond donors (Lipinski definition) is 2. The minimum absolute atomic E-state index is 0.00206. The van der Waals surface area contributed by atoms with Gasteiger partial charge in [0.2, 0.25) is 5.79 Å². The SMILES string of the molecule is C=CCO[C@@]12Oc3ccc(Oc4cccc(C=O)c4)cc3[C@H]3[C@H](CCCCO)[C@@H](CCCCO)C=C(C(=NOCC)C[C@@H]1N(Cc1ccc(F)cc1)C(=O)OCC)[C@H]32. The van der Waals surface area contributed by atoms with Crippen LogP contribution in [0.3, 0.4) is 0 Å². The number of amides is 1. The summed E-state index contributed by atoms with van der Waals surface area (Å²) in [6.45, 7) is 8.33. The Bertz CT molecular complexity index is 1930. The van der Waals surface area contributed by atoms with Gasteiger partial charge in [0.15, 0.2) is 0 Å². The van der Waals surface area contributed by atoms with Crippen LogP contribution in [0.2, 0.25) is 0 Å². The molecule has 58 heavy (non-hydrogen) atoms. The Morgan fingerprint density at radius 3 is 2.47 bits per heavy atom. The Morgan fingerprint density at radius 2 is 1.76 bits per heavy atom. The minimum Gasteiger partial charge on any atom is -0.459 e. The Kier molecular flexibility index (Phi) is 14.7. The number of hydrogen-bond acceptors (Lipinski definition) is 10. The average Bonchev–Trinajstić information content (AvgIpc) is 3.23. The van der Waals surface area contributed by atoms with Crippen LogP contribution in [0.4, 0.5) is 9.18 Å². The molecule has 6 rings (SSSR count). The van der Waals surface area contributed by atoms with Crippen LogP contribution in [0.1, 0.15) is 86.2 Å². The van der Waals surface area contributed by atoms with Crippen molar-refractivity contribution in [3.05, 3.63) is 114 Å². The number of nitrogens with zero attached hydrogens (tertiary/aromatic N) is 2. The number of benzene rings is 3. The summed E-state index contributed by atoms with van der Waals surface area (Å²) < 4.78 is 40.5. The van der Waals surface area contributed by atoms with Crippen molar-refractivity contribution in [3.63, 3.8) is 0 Å². The monoisotopic (exact) mass is 798 g/mol. The summed E-state index contributed by atoms with van der Waals surface area (Å²) in [5.74, 6) is -1.05. The summed E-state index contributed by atoms with van der Waals surface area (Å²) >= 11 is 0. The number of fused-ring (bicyclic) bond motifs is 2. The second-order valence-corrected chi connectivity index (χ2v) is 14.9. The first-order chi connectivity index (χ1) is 28.3. The Labute approximate surface area is 340 Å². The van der Waals surface area contributed by atoms with Gasteiger partial charge >= 0.3 is 6.09 Å². The molecule has 0 aromatic heterocycles. The van der Waals surface area contributed by atoms with Crippen molar-refractivity contribution in [1.82, 2.24) is 4.90 Å². The highest BCUT2D eigenvalue weighted by Crippen LogP contribution is 2.62. The molecule has 3 aromatic carbocycles. The van der Waals surface area contributed by atoms with Gasteiger partial charge in [-0.15, -0.1) is 6.58 Å². The first-order valence-corrected chi connectivity index (χ1v) is 20.4. The topological polar surface area (TPSA) is 136 Å². The lowest BCUT2D eigenvalue weighted by molar-refractivity contribution is -0.256. The average molecular weight is 799 g/mol. The molecule has 1 amide bonds. The van der Waals surface area contributed by atoms with Crippen molar-refractivity contribution in [2.24, 2.45) is 22.9 Å². The number of halogens is 1. The van der Waals surface area contributed by atoms with Gasteiger partial charge in [0.1, 0.15) is 42.0 Å². The van der Waals surface area contributed by atoms with E-state index in [-0.39, 0.29) is 57.1 Å². The molecule has 0 radical (unpaired) electrons. The van der Waals surface area contributed by atoms with Crippen LogP contribution in [0.15, 0.2) is 96.2 Å². The third kappa shape index (κ3) is 9.30. The molecule has 2 N–H and O–H groups in total. The maximum atomic E-state index is 14.2. The number of aliphatic hydroxyl groups excluding tert-OH is 2. The van der Waals surface area contributed by atoms with E-state index in [0.717, 1.165) is 43.1 Å². The van der Waals surface area contributed by atoms with Crippen LogP contribution >= 0.6 is 0 Å². The highest BCUT2D eigenvalue weighted by Gasteiger charge is 2.65. The smallest absolute Gasteiger partial charge is 0.410 e. The second-order valence-electron chi connectivity index (χ2n) is 14.9. The summed E-state index contributed by atoms with van der Waals surface area (Å²) in [6.07, 6.45) is 8.70. The fourth-order valence-electron chi connectivity index (χ4n) is 8.94. The molecule has 3 aromatic rings. The van der Waals surface area contributed by atoms with Crippen molar-refractivity contribution >= 4 is 18.1 Å². The zero-order valence-electron chi connectivity index (χ0n) is 33.4. The Hall–Kier alpha value is -5.04. The van der Waals surface area contributed by atoms with Crippen LogP contribution in [0.5, 0.6) is 17.2 Å². The summed E-state index contributed by atoms with van der Waals surface area (Å²) in [4.78, 5) is 33.3. The largest absolute Gasteiger partial charge is 0.459 e. The molecule has 1 saturated carbocycles. The zero-order valence-corrected chi connectivity index (χ0v) is 33.4. The number of oxime groups is 1. The molecule has 11 nitrogen and oxygen atoms in total. The van der Waals surface area contributed by atoms with Gasteiger partial charge in [-0.05, 0) is 105 Å². The van der Waals surface area contributed by atoms with Gasteiger partial charge in [-0.25, -0.2) is 9.18 Å². The molecule has 2 aliphatic carbocycles. The highest BCUT2D eigenvalue weighted by atomic mass is 19.1. The van der Waals surface area contributed by atoms with Crippen molar-refractivity contribution in [2.75, 3.05) is 33.0 Å². The van der Waals surface area contributed by atoms with E-state index in [1.54, 1.807) is 54.3 Å². The fourth-order valence-corrected chi connectivity index (χ4v) is 8.94. The van der Waals surface area contributed by atoms with Gasteiger partial charge in [0, 0.05) is 43.2 Å². The first kappa shape index (κ1) is 42.6. The van der Waals surface area contributed by atoms with E-state index in [4.69, 9.17) is 28.9 Å². The predicted molar refractivity (Wildman–Crippen MR) is 217 cm³/mol. The second kappa shape index (κ2) is 20.1. The fraction of sp³-hybridized carbons (Fsp3) is 0.457. The number of allylic oxidation sites excluding steroid dienone is 1. The number of aliphatic hydroxyl groups is 2. The third-order valence-corrected chi connectivity index (χ3v) is 11.3. The molecule has 310 valence electrons. The molecule has 6 atom stereocenters. The highest BCUT2D eigenvalue weighted by molar-refractivity contribution is 6.03. The van der Waals surface area contributed by atoms with Gasteiger partial charge in [0.25, 0.3) is 0 Å². The lowest BCUT2D eigenvalue weighted by Gasteiger charge is -2.59. The van der Waals surface area contributed by atoms with Crippen molar-refractivity contribution in [2.45, 2.75) is 83.1 Å². The van der Waals surface area contributed by atoms with Gasteiger partial charge < -0.3 is 34.0 Å². The molecule has 1 heterocycles. The number of rotatable bonds is 20. The number of ether oxygens (including phenoxy) is 4. The lowest BCUT2D eigenvalue weighted by Crippen LogP contribution is -2.70. The molecule has 3 aliphatic rings. The van der Waals surface area contributed by atoms with E-state index in [9.17, 15) is 24.2 Å². The van der Waals surface area contributed by atoms with Crippen LogP contribution < -0.4 is 9.47 Å². The third-order valence-electron chi connectivity index (χ3n) is 11.3. The summed E-state index contributed by atoms with van der Waals surface area (Å²) in [5.41, 5.74) is 3.60. The number of aldehydes is 1. The normalized spacial score (nSPS) is 23.8. The number of carbonyl (C=O) groups excluding carboxylic acids is 2. The summed E-state index contributed by atoms with van der Waals surface area (Å²) in [6, 6.07) is 17.8. The quantitative estimate of drug-likeness (QED) is 0.0498. The number of carbonyl (C=O) groups is 2. The Balaban J connectivity index is 1.60. The van der Waals surface area contributed by atoms with Crippen molar-refractivity contribution in [3.8, 4) is 17.2 Å². The van der Waals surface area contributed by atoms with E-state index in [1.165, 1.54) is 12.1 Å². The van der Waals surface area contributed by atoms with Gasteiger partial charge in [-0.2, -0.15) is 0 Å². The van der Waals surface area contributed by atoms with Gasteiger partial charge in [0.05, 0.1) is 24.8 Å². The molecule has 0 bridgehead atoms. The van der Waals surface area contributed by atoms with Crippen LogP contribution in [0, 0.1) is 23.6 Å². The lowest BCUT2D eigenvalue weighted by atomic mass is 9.55. The zero-order chi connectivity index (χ0) is 41.1. The van der Waals surface area contributed by atoms with Crippen LogP contribution in [0.25, 0.3) is 0 Å². The molecule has 1 fully saturated rings. The van der Waals surface area contributed by atoms with E-state index >= 15 is 0 Å². The maximum Gasteiger partial charge on any atom is 0.410 e. The van der Waals surface area contributed by atoms with Gasteiger partial charge in [-0.1, -0.05) is 54.4 Å². The summed E-state index contributed by atoms with van der Waals surface area (Å²) in [7, 11) is 0. The van der Waals surface area contributed by atoms with Crippen LogP contribution in [-0.4, -0.2) is 78.1 Å². The van der Waals surface area contributed by atoms with E-state index in [2.05, 4.69) is 12.7 Å². The van der Waals surface area contributed by atoms with Crippen molar-refractivity contribution in [1.29, 1.82) is 0 Å².